The average molecular weight is 444 g/mol. The van der Waals surface area contributed by atoms with Crippen LogP contribution in [0.15, 0.2) is 78.8 Å². The molecule has 7 heteroatoms. The molecule has 1 aliphatic rings. The van der Waals surface area contributed by atoms with Crippen LogP contribution in [0.4, 0.5) is 5.69 Å². The van der Waals surface area contributed by atoms with Crippen molar-refractivity contribution in [3.05, 3.63) is 89.9 Å². The second-order valence-corrected chi connectivity index (χ2v) is 7.82. The topological polar surface area (TPSA) is 80.8 Å². The van der Waals surface area contributed by atoms with E-state index in [1.54, 1.807) is 36.7 Å². The average Bonchev–Trinajstić information content (AvgIpc) is 3.04. The summed E-state index contributed by atoms with van der Waals surface area (Å²) in [5, 5.41) is 3.16. The van der Waals surface area contributed by atoms with Gasteiger partial charge < -0.3 is 14.8 Å². The molecule has 1 N–H and O–H groups in total. The van der Waals surface area contributed by atoms with Gasteiger partial charge in [0, 0.05) is 23.6 Å². The number of nitrogens with zero attached hydrogens (tertiary/aromatic N) is 2. The number of methoxy groups -OCH3 is 1. The van der Waals surface area contributed by atoms with Gasteiger partial charge in [0.25, 0.3) is 11.8 Å². The summed E-state index contributed by atoms with van der Waals surface area (Å²) in [6.07, 6.45) is 3.32. The fraction of sp³-hybridized carbons (Fsp3) is 0.192. The van der Waals surface area contributed by atoms with Crippen LogP contribution in [0, 0.1) is 0 Å². The number of amides is 2. The largest absolute Gasteiger partial charge is 0.496 e. The van der Waals surface area contributed by atoms with E-state index in [2.05, 4.69) is 10.3 Å². The van der Waals surface area contributed by atoms with Gasteiger partial charge in [0.1, 0.15) is 17.2 Å². The summed E-state index contributed by atoms with van der Waals surface area (Å²) in [5.74, 6) is 0.450. The number of carbonyl (C=O) groups is 2. The van der Waals surface area contributed by atoms with E-state index in [4.69, 9.17) is 9.47 Å². The van der Waals surface area contributed by atoms with Gasteiger partial charge in [0.2, 0.25) is 0 Å². The first kappa shape index (κ1) is 22.1. The molecule has 0 aliphatic carbocycles. The highest BCUT2D eigenvalue weighted by molar-refractivity contribution is 6.36. The lowest BCUT2D eigenvalue weighted by Crippen LogP contribution is -2.32. The highest BCUT2D eigenvalue weighted by Crippen LogP contribution is 2.36. The van der Waals surface area contributed by atoms with Gasteiger partial charge >= 0.3 is 0 Å². The highest BCUT2D eigenvalue weighted by Gasteiger charge is 2.40. The molecule has 0 saturated carbocycles. The minimum Gasteiger partial charge on any atom is -0.496 e. The van der Waals surface area contributed by atoms with Gasteiger partial charge in [-0.2, -0.15) is 0 Å². The monoisotopic (exact) mass is 443 g/mol. The lowest BCUT2D eigenvalue weighted by Gasteiger charge is -2.15. The van der Waals surface area contributed by atoms with Crippen LogP contribution in [0.2, 0.25) is 0 Å². The number of hydrogen-bond acceptors (Lipinski definition) is 6. The van der Waals surface area contributed by atoms with E-state index in [0.717, 1.165) is 11.3 Å². The van der Waals surface area contributed by atoms with Crippen molar-refractivity contribution in [3.8, 4) is 11.5 Å². The molecule has 2 heterocycles. The summed E-state index contributed by atoms with van der Waals surface area (Å²) < 4.78 is 11.2. The van der Waals surface area contributed by atoms with Gasteiger partial charge in [-0.3, -0.25) is 19.5 Å². The zero-order valence-corrected chi connectivity index (χ0v) is 18.7. The first-order valence-corrected chi connectivity index (χ1v) is 10.6. The number of aromatic nitrogens is 1. The molecule has 0 saturated heterocycles. The molecule has 0 unspecified atom stereocenters. The highest BCUT2D eigenvalue weighted by atomic mass is 16.5. The van der Waals surface area contributed by atoms with Crippen molar-refractivity contribution < 1.29 is 19.1 Å². The van der Waals surface area contributed by atoms with Crippen molar-refractivity contribution in [3.63, 3.8) is 0 Å². The first-order chi connectivity index (χ1) is 16.0. The molecule has 7 nitrogen and oxygen atoms in total. The van der Waals surface area contributed by atoms with Crippen LogP contribution in [0.5, 0.6) is 11.5 Å². The Morgan fingerprint density at radius 2 is 1.64 bits per heavy atom. The summed E-state index contributed by atoms with van der Waals surface area (Å²) in [7, 11) is 1.54. The smallest absolute Gasteiger partial charge is 0.278 e. The van der Waals surface area contributed by atoms with E-state index >= 15 is 0 Å². The minimum atomic E-state index is -0.403. The summed E-state index contributed by atoms with van der Waals surface area (Å²) in [5.41, 5.74) is 2.51. The third-order valence-electron chi connectivity index (χ3n) is 5.13. The fourth-order valence-corrected chi connectivity index (χ4v) is 3.64. The third kappa shape index (κ3) is 4.72. The molecule has 0 bridgehead atoms. The quantitative estimate of drug-likeness (QED) is 0.524. The van der Waals surface area contributed by atoms with Crippen molar-refractivity contribution in [1.82, 2.24) is 9.88 Å². The minimum absolute atomic E-state index is 0.0550. The van der Waals surface area contributed by atoms with Crippen molar-refractivity contribution >= 4 is 23.1 Å². The van der Waals surface area contributed by atoms with Crippen molar-refractivity contribution in [1.29, 1.82) is 0 Å². The molecule has 2 amide bonds. The number of para-hydroxylation sites is 1. The summed E-state index contributed by atoms with van der Waals surface area (Å²) >= 11 is 0. The van der Waals surface area contributed by atoms with Crippen LogP contribution < -0.4 is 14.8 Å². The number of nitrogens with one attached hydrogen (secondary N) is 1. The molecule has 3 aromatic rings. The number of anilines is 1. The second-order valence-electron chi connectivity index (χ2n) is 7.82. The zero-order valence-electron chi connectivity index (χ0n) is 18.7. The summed E-state index contributed by atoms with van der Waals surface area (Å²) in [4.78, 5) is 32.1. The number of pyridine rings is 1. The predicted octanol–water partition coefficient (Wildman–Crippen LogP) is 4.27. The maximum Gasteiger partial charge on any atom is 0.278 e. The van der Waals surface area contributed by atoms with Crippen LogP contribution >= 0.6 is 0 Å². The molecule has 0 atom stereocenters. The molecule has 4 rings (SSSR count). The maximum atomic E-state index is 13.5. The fourth-order valence-electron chi connectivity index (χ4n) is 3.64. The Hall–Kier alpha value is -4.13. The van der Waals surface area contributed by atoms with Gasteiger partial charge in [-0.05, 0) is 61.9 Å². The van der Waals surface area contributed by atoms with Crippen LogP contribution in [0.3, 0.4) is 0 Å². The van der Waals surface area contributed by atoms with E-state index in [1.165, 1.54) is 12.0 Å². The van der Waals surface area contributed by atoms with Crippen molar-refractivity contribution in [2.75, 3.05) is 12.4 Å². The molecular formula is C26H25N3O4. The Bertz CT molecular complexity index is 1190. The summed E-state index contributed by atoms with van der Waals surface area (Å²) in [6.45, 7) is 4.05. The number of hydrogen-bond donors (Lipinski definition) is 1. The Labute approximate surface area is 192 Å². The van der Waals surface area contributed by atoms with E-state index < -0.39 is 5.91 Å². The molecule has 2 aromatic carbocycles. The van der Waals surface area contributed by atoms with Crippen LogP contribution in [0.25, 0.3) is 5.57 Å². The van der Waals surface area contributed by atoms with E-state index in [0.29, 0.717) is 17.0 Å². The SMILES string of the molecule is COc1ccccc1C1=C(Nc2ccc(OC(C)C)cc2)C(=O)N(Cc2ccncc2)C1=O. The molecule has 0 fully saturated rings. The molecule has 1 aliphatic heterocycles. The molecule has 0 spiro atoms. The number of carbonyl (C=O) groups excluding carboxylic acids is 2. The number of imide groups is 1. The Morgan fingerprint density at radius 3 is 2.30 bits per heavy atom. The maximum absolute atomic E-state index is 13.5. The van der Waals surface area contributed by atoms with Crippen molar-refractivity contribution in [2.45, 2.75) is 26.5 Å². The summed E-state index contributed by atoms with van der Waals surface area (Å²) in [6, 6.07) is 18.0. The van der Waals surface area contributed by atoms with Gasteiger partial charge in [0.15, 0.2) is 0 Å². The van der Waals surface area contributed by atoms with Crippen LogP contribution in [-0.2, 0) is 16.1 Å². The number of rotatable bonds is 8. The third-order valence-corrected chi connectivity index (χ3v) is 5.13. The van der Waals surface area contributed by atoms with Gasteiger partial charge in [-0.15, -0.1) is 0 Å². The lowest BCUT2D eigenvalue weighted by atomic mass is 10.0. The number of benzene rings is 2. The van der Waals surface area contributed by atoms with Crippen LogP contribution in [-0.4, -0.2) is 34.9 Å². The van der Waals surface area contributed by atoms with Gasteiger partial charge in [0.05, 0.1) is 25.3 Å². The molecule has 1 aromatic heterocycles. The first-order valence-electron chi connectivity index (χ1n) is 10.6. The van der Waals surface area contributed by atoms with E-state index in [-0.39, 0.29) is 29.8 Å². The second kappa shape index (κ2) is 9.56. The van der Waals surface area contributed by atoms with Gasteiger partial charge in [-0.1, -0.05) is 18.2 Å². The molecule has 33 heavy (non-hydrogen) atoms. The Kier molecular flexibility index (Phi) is 6.40. The Morgan fingerprint density at radius 1 is 0.939 bits per heavy atom. The molecule has 0 radical (unpaired) electrons. The van der Waals surface area contributed by atoms with Crippen molar-refractivity contribution in [2.24, 2.45) is 0 Å². The lowest BCUT2D eigenvalue weighted by molar-refractivity contribution is -0.137. The van der Waals surface area contributed by atoms with E-state index in [1.807, 2.05) is 50.2 Å². The Balaban J connectivity index is 1.72. The zero-order chi connectivity index (χ0) is 23.4. The van der Waals surface area contributed by atoms with Gasteiger partial charge in [-0.25, -0.2) is 0 Å². The predicted molar refractivity (Wildman–Crippen MR) is 126 cm³/mol. The standard InChI is InChI=1S/C26H25N3O4/c1-17(2)33-20-10-8-19(9-11-20)28-24-23(21-6-4-5-7-22(21)32-3)25(30)29(26(24)31)16-18-12-14-27-15-13-18/h4-15,17,28H,16H2,1-3H3. The van der Waals surface area contributed by atoms with E-state index in [9.17, 15) is 9.59 Å². The number of ether oxygens (including phenoxy) is 2. The molecule has 168 valence electrons. The normalized spacial score (nSPS) is 13.6. The van der Waals surface area contributed by atoms with Crippen LogP contribution in [0.1, 0.15) is 25.0 Å². The molecular weight excluding hydrogens is 418 g/mol.